The molecule has 0 aromatic heterocycles. The molecule has 1 heterocycles. The smallest absolute Gasteiger partial charge is 0.347 e. The Balaban J connectivity index is 2.68. The third-order valence-corrected chi connectivity index (χ3v) is 8.76. The van der Waals surface area contributed by atoms with Gasteiger partial charge in [-0.2, -0.15) is 0 Å². The maximum Gasteiger partial charge on any atom is 0.347 e. The minimum Gasteiger partial charge on any atom is -0.505 e. The number of benzene rings is 1. The molecule has 0 saturated carbocycles. The number of ether oxygens (including phenoxy) is 4. The highest BCUT2D eigenvalue weighted by atomic mass is 16.6. The summed E-state index contributed by atoms with van der Waals surface area (Å²) in [6.07, 6.45) is -5.50. The Hall–Kier alpha value is -5.02. The molecule has 1 saturated heterocycles. The maximum absolute atomic E-state index is 14.0. The van der Waals surface area contributed by atoms with Gasteiger partial charge < -0.3 is 40.0 Å². The predicted octanol–water partition coefficient (Wildman–Crippen LogP) is 2.98. The van der Waals surface area contributed by atoms with Gasteiger partial charge in [0, 0.05) is 5.92 Å². The van der Waals surface area contributed by atoms with E-state index in [-0.39, 0.29) is 42.3 Å². The zero-order chi connectivity index (χ0) is 40.4. The van der Waals surface area contributed by atoms with Gasteiger partial charge in [0.15, 0.2) is 35.9 Å². The fourth-order valence-corrected chi connectivity index (χ4v) is 5.37. The fraction of sp³-hybridized carbons (Fsp3) is 0.622. The van der Waals surface area contributed by atoms with Crippen molar-refractivity contribution in [2.45, 2.75) is 125 Å². The van der Waals surface area contributed by atoms with Gasteiger partial charge in [-0.3, -0.25) is 24.0 Å². The van der Waals surface area contributed by atoms with Crippen LogP contribution < -0.4 is 16.0 Å². The Labute approximate surface area is 309 Å². The maximum atomic E-state index is 14.0. The summed E-state index contributed by atoms with van der Waals surface area (Å²) in [6, 6.07) is 0.804. The highest BCUT2D eigenvalue weighted by molar-refractivity contribution is 6.07. The van der Waals surface area contributed by atoms with Crippen molar-refractivity contribution in [2.75, 3.05) is 5.32 Å². The van der Waals surface area contributed by atoms with Gasteiger partial charge in [-0.1, -0.05) is 47.6 Å². The summed E-state index contributed by atoms with van der Waals surface area (Å²) in [7, 11) is 0. The lowest BCUT2D eigenvalue weighted by Gasteiger charge is -2.32. The van der Waals surface area contributed by atoms with E-state index >= 15 is 0 Å². The fourth-order valence-electron chi connectivity index (χ4n) is 5.37. The van der Waals surface area contributed by atoms with Crippen molar-refractivity contribution in [3.05, 3.63) is 23.8 Å². The van der Waals surface area contributed by atoms with E-state index in [0.29, 0.717) is 6.42 Å². The molecule has 1 aliphatic rings. The summed E-state index contributed by atoms with van der Waals surface area (Å²) in [5.41, 5.74) is -2.39. The number of phenolic OH excluding ortho intramolecular Hbond substituents is 1. The molecule has 0 bridgehead atoms. The van der Waals surface area contributed by atoms with Gasteiger partial charge in [-0.05, 0) is 70.9 Å². The summed E-state index contributed by atoms with van der Waals surface area (Å²) in [6.45, 7) is 15.5. The van der Waals surface area contributed by atoms with Crippen molar-refractivity contribution in [3.8, 4) is 5.75 Å². The summed E-state index contributed by atoms with van der Waals surface area (Å²) in [5, 5.41) is 17.8. The summed E-state index contributed by atoms with van der Waals surface area (Å²) in [4.78, 5) is 106. The van der Waals surface area contributed by atoms with E-state index in [4.69, 9.17) is 18.9 Å². The number of carbonyl (C=O) groups is 8. The molecule has 53 heavy (non-hydrogen) atoms. The minimum absolute atomic E-state index is 0.0565. The summed E-state index contributed by atoms with van der Waals surface area (Å²) < 4.78 is 22.1. The first-order chi connectivity index (χ1) is 24.7. The molecule has 0 radical (unpaired) electrons. The zero-order valence-corrected chi connectivity index (χ0v) is 32.0. The molecular formula is C37H53N3O13. The number of carbonyl (C=O) groups excluding carboxylic acids is 8. The van der Waals surface area contributed by atoms with Crippen LogP contribution in [0.4, 0.5) is 5.69 Å². The second kappa shape index (κ2) is 19.2. The normalized spacial score (nSPS) is 25.5. The molecule has 1 unspecified atom stereocenters. The molecule has 0 aliphatic carbocycles. The van der Waals surface area contributed by atoms with Gasteiger partial charge in [0.05, 0.1) is 17.3 Å². The van der Waals surface area contributed by atoms with Crippen LogP contribution in [0.3, 0.4) is 0 Å². The molecule has 16 nitrogen and oxygen atoms in total. The first kappa shape index (κ1) is 44.1. The van der Waals surface area contributed by atoms with E-state index in [2.05, 4.69) is 16.0 Å². The first-order valence-corrected chi connectivity index (χ1v) is 17.7. The molecule has 1 aliphatic heterocycles. The molecule has 2 rings (SSSR count). The standard InChI is InChI=1S/C37H53N3O13/c1-11-20(6)29-32(45)39-25(15-18(2)3)30(43)37(9,10)36(49)52-26(16-19(4)5)34(47)50-21(7)27(35(48)51-22(8)33(46)53-29)40-31(44)23-13-12-14-24(28(23)42)38-17-41/h12-14,17-22,25-27,29,42H,11,15-16H2,1-10H3,(H,38,41)(H,39,45)(H,40,44)/t20?,21-,22+,25+,26+,27+,29+/m1/s1. The largest absolute Gasteiger partial charge is 0.505 e. The molecule has 16 heteroatoms. The predicted molar refractivity (Wildman–Crippen MR) is 189 cm³/mol. The van der Waals surface area contributed by atoms with Crippen LogP contribution in [0.5, 0.6) is 5.75 Å². The Morgan fingerprint density at radius 3 is 2.09 bits per heavy atom. The van der Waals surface area contributed by atoms with Gasteiger partial charge in [-0.25, -0.2) is 14.4 Å². The van der Waals surface area contributed by atoms with Crippen molar-refractivity contribution in [1.29, 1.82) is 0 Å². The van der Waals surface area contributed by atoms with Crippen molar-refractivity contribution in [3.63, 3.8) is 0 Å². The lowest BCUT2D eigenvalue weighted by Crippen LogP contribution is -2.55. The number of Topliss-reactive ketones (excluding diaryl/α,β-unsaturated/α-hetero) is 1. The quantitative estimate of drug-likeness (QED) is 0.0888. The average Bonchev–Trinajstić information content (AvgIpc) is 3.07. The first-order valence-electron chi connectivity index (χ1n) is 17.7. The van der Waals surface area contributed by atoms with Crippen LogP contribution in [0.25, 0.3) is 0 Å². The number of rotatable bonds is 10. The summed E-state index contributed by atoms with van der Waals surface area (Å²) >= 11 is 0. The van der Waals surface area contributed by atoms with Gasteiger partial charge in [-0.15, -0.1) is 0 Å². The third-order valence-electron chi connectivity index (χ3n) is 8.76. The zero-order valence-electron chi connectivity index (χ0n) is 32.0. The molecule has 4 N–H and O–H groups in total. The average molecular weight is 748 g/mol. The second-order valence-corrected chi connectivity index (χ2v) is 14.6. The Morgan fingerprint density at radius 1 is 0.906 bits per heavy atom. The number of anilines is 1. The molecular weight excluding hydrogens is 694 g/mol. The van der Waals surface area contributed by atoms with E-state index in [1.165, 1.54) is 45.9 Å². The van der Waals surface area contributed by atoms with Crippen LogP contribution in [-0.4, -0.2) is 89.5 Å². The van der Waals surface area contributed by atoms with Crippen LogP contribution in [0.15, 0.2) is 18.2 Å². The monoisotopic (exact) mass is 747 g/mol. The topological polar surface area (TPSA) is 230 Å². The van der Waals surface area contributed by atoms with Crippen molar-refractivity contribution < 1.29 is 62.4 Å². The van der Waals surface area contributed by atoms with E-state index in [9.17, 15) is 43.5 Å². The lowest BCUT2D eigenvalue weighted by molar-refractivity contribution is -0.183. The highest BCUT2D eigenvalue weighted by Gasteiger charge is 2.46. The molecule has 3 amide bonds. The number of para-hydroxylation sites is 1. The SMILES string of the molecule is CCC(C)[C@@H]1OC(=O)[C@H](C)OC(=O)[C@@H](NC(=O)c2cccc(NC=O)c2O)[C@@H](C)OC(=O)[C@H](CC(C)C)OC(=O)C(C)(C)C(=O)[C@H](CC(C)C)NC1=O. The van der Waals surface area contributed by atoms with Crippen LogP contribution in [-0.2, 0) is 52.5 Å². The number of phenols is 1. The van der Waals surface area contributed by atoms with E-state index in [1.807, 2.05) is 13.8 Å². The van der Waals surface area contributed by atoms with Gasteiger partial charge in [0.2, 0.25) is 6.41 Å². The summed E-state index contributed by atoms with van der Waals surface area (Å²) in [5.74, 6) is -8.75. The molecule has 1 fully saturated rings. The van der Waals surface area contributed by atoms with Gasteiger partial charge in [0.25, 0.3) is 11.8 Å². The van der Waals surface area contributed by atoms with Gasteiger partial charge in [0.1, 0.15) is 11.5 Å². The van der Waals surface area contributed by atoms with Crippen molar-refractivity contribution >= 4 is 53.6 Å². The van der Waals surface area contributed by atoms with Crippen molar-refractivity contribution in [2.24, 2.45) is 23.2 Å². The number of esters is 4. The second-order valence-electron chi connectivity index (χ2n) is 14.6. The van der Waals surface area contributed by atoms with Gasteiger partial charge >= 0.3 is 23.9 Å². The van der Waals surface area contributed by atoms with Crippen LogP contribution >= 0.6 is 0 Å². The number of ketones is 1. The minimum atomic E-state index is -1.88. The Kier molecular flexibility index (Phi) is 16.0. The number of cyclic esters (lactones) is 4. The molecule has 1 aromatic carbocycles. The number of hydrogen-bond acceptors (Lipinski definition) is 13. The van der Waals surface area contributed by atoms with E-state index < -0.39 is 95.1 Å². The van der Waals surface area contributed by atoms with Crippen LogP contribution in [0.2, 0.25) is 0 Å². The Bertz CT molecular complexity index is 1540. The van der Waals surface area contributed by atoms with Crippen LogP contribution in [0.1, 0.15) is 98.9 Å². The highest BCUT2D eigenvalue weighted by Crippen LogP contribution is 2.29. The Morgan fingerprint density at radius 2 is 1.53 bits per heavy atom. The molecule has 294 valence electrons. The molecule has 0 spiro atoms. The number of nitrogens with one attached hydrogen (secondary N) is 3. The molecule has 7 atom stereocenters. The number of amides is 3. The van der Waals surface area contributed by atoms with E-state index in [0.717, 1.165) is 0 Å². The lowest BCUT2D eigenvalue weighted by atomic mass is 9.81. The third kappa shape index (κ3) is 11.7. The van der Waals surface area contributed by atoms with E-state index in [1.54, 1.807) is 27.7 Å². The van der Waals surface area contributed by atoms with Crippen LogP contribution in [0, 0.1) is 23.2 Å². The molecule has 1 aromatic rings. The number of aromatic hydroxyl groups is 1. The number of hydrogen-bond donors (Lipinski definition) is 4. The van der Waals surface area contributed by atoms with Crippen molar-refractivity contribution in [1.82, 2.24) is 10.6 Å².